The van der Waals surface area contributed by atoms with Gasteiger partial charge in [-0.3, -0.25) is 9.59 Å². The Labute approximate surface area is 117 Å². The van der Waals surface area contributed by atoms with Gasteiger partial charge in [0.25, 0.3) is 5.91 Å². The van der Waals surface area contributed by atoms with Crippen molar-refractivity contribution in [1.82, 2.24) is 10.5 Å². The first-order valence-corrected chi connectivity index (χ1v) is 7.12. The van der Waals surface area contributed by atoms with E-state index in [2.05, 4.69) is 10.5 Å². The lowest BCUT2D eigenvalue weighted by Gasteiger charge is -2.04. The van der Waals surface area contributed by atoms with Crippen molar-refractivity contribution < 1.29 is 19.2 Å². The first kappa shape index (κ1) is 14.6. The second-order valence-corrected chi connectivity index (χ2v) is 5.20. The maximum Gasteiger partial charge on any atom is 0.303 e. The van der Waals surface area contributed by atoms with Gasteiger partial charge in [0.15, 0.2) is 0 Å². The van der Waals surface area contributed by atoms with Gasteiger partial charge in [0.1, 0.15) is 11.8 Å². The lowest BCUT2D eigenvalue weighted by atomic mass is 10.1. The van der Waals surface area contributed by atoms with Gasteiger partial charge in [-0.05, 0) is 25.7 Å². The molecule has 2 rings (SSSR count). The van der Waals surface area contributed by atoms with E-state index in [4.69, 9.17) is 9.63 Å². The van der Waals surface area contributed by atoms with Crippen LogP contribution in [-0.2, 0) is 4.79 Å². The van der Waals surface area contributed by atoms with Crippen LogP contribution < -0.4 is 5.32 Å². The molecule has 6 nitrogen and oxygen atoms in total. The van der Waals surface area contributed by atoms with Crippen LogP contribution in [-0.4, -0.2) is 28.7 Å². The number of nitrogens with one attached hydrogen (secondary N) is 1. The molecule has 0 unspecified atom stereocenters. The second-order valence-electron chi connectivity index (χ2n) is 5.20. The van der Waals surface area contributed by atoms with Crippen molar-refractivity contribution in [2.24, 2.45) is 0 Å². The van der Waals surface area contributed by atoms with E-state index < -0.39 is 5.97 Å². The highest BCUT2D eigenvalue weighted by Crippen LogP contribution is 2.40. The number of hydrogen-bond acceptors (Lipinski definition) is 4. The second kappa shape index (κ2) is 7.07. The highest BCUT2D eigenvalue weighted by atomic mass is 16.5. The number of carbonyl (C=O) groups excluding carboxylic acids is 1. The third-order valence-corrected chi connectivity index (χ3v) is 3.41. The first-order valence-electron chi connectivity index (χ1n) is 7.12. The number of carboxylic acid groups (broad SMARTS) is 1. The summed E-state index contributed by atoms with van der Waals surface area (Å²) in [5, 5.41) is 15.2. The predicted molar refractivity (Wildman–Crippen MR) is 71.5 cm³/mol. The summed E-state index contributed by atoms with van der Waals surface area (Å²) in [6.45, 7) is 0.598. The van der Waals surface area contributed by atoms with E-state index in [0.717, 1.165) is 37.8 Å². The zero-order valence-electron chi connectivity index (χ0n) is 11.4. The van der Waals surface area contributed by atoms with Gasteiger partial charge < -0.3 is 14.9 Å². The molecule has 6 heteroatoms. The Kier molecular flexibility index (Phi) is 5.15. The van der Waals surface area contributed by atoms with Gasteiger partial charge in [-0.15, -0.1) is 0 Å². The standard InChI is InChI=1S/C14H20N2O4/c17-12(18)5-3-1-2-4-8-15-14(19)11-9-20-16-13(11)10-6-7-10/h9-10H,1-8H2,(H,15,19)(H,17,18). The van der Waals surface area contributed by atoms with Crippen molar-refractivity contribution in [1.29, 1.82) is 0 Å². The van der Waals surface area contributed by atoms with Crippen molar-refractivity contribution in [3.63, 3.8) is 0 Å². The van der Waals surface area contributed by atoms with Gasteiger partial charge in [-0.1, -0.05) is 18.0 Å². The third kappa shape index (κ3) is 4.36. The molecule has 0 atom stereocenters. The average molecular weight is 280 g/mol. The molecular formula is C14H20N2O4. The van der Waals surface area contributed by atoms with Gasteiger partial charge in [0.2, 0.25) is 0 Å². The minimum atomic E-state index is -0.752. The van der Waals surface area contributed by atoms with E-state index in [-0.39, 0.29) is 12.3 Å². The van der Waals surface area contributed by atoms with Gasteiger partial charge in [-0.2, -0.15) is 0 Å². The SMILES string of the molecule is O=C(O)CCCCCCNC(=O)c1conc1C1CC1. The fourth-order valence-electron chi connectivity index (χ4n) is 2.12. The molecule has 0 aromatic carbocycles. The van der Waals surface area contributed by atoms with E-state index in [1.54, 1.807) is 0 Å². The predicted octanol–water partition coefficient (Wildman–Crippen LogP) is 2.32. The van der Waals surface area contributed by atoms with Gasteiger partial charge in [0.05, 0.1) is 5.69 Å². The maximum absolute atomic E-state index is 11.9. The molecule has 1 aromatic heterocycles. The average Bonchev–Trinajstić information content (AvgIpc) is 3.14. The molecule has 110 valence electrons. The molecule has 0 bridgehead atoms. The Morgan fingerprint density at radius 2 is 2.05 bits per heavy atom. The molecular weight excluding hydrogens is 260 g/mol. The zero-order chi connectivity index (χ0) is 14.4. The van der Waals surface area contributed by atoms with E-state index in [1.165, 1.54) is 6.26 Å². The molecule has 1 amide bonds. The summed E-state index contributed by atoms with van der Waals surface area (Å²) in [6, 6.07) is 0. The highest BCUT2D eigenvalue weighted by molar-refractivity contribution is 5.95. The molecule has 0 saturated heterocycles. The van der Waals surface area contributed by atoms with Crippen LogP contribution in [0.4, 0.5) is 0 Å². The number of carbonyl (C=O) groups is 2. The van der Waals surface area contributed by atoms with Crippen molar-refractivity contribution in [3.8, 4) is 0 Å². The minimum absolute atomic E-state index is 0.126. The number of carboxylic acids is 1. The van der Waals surface area contributed by atoms with Crippen molar-refractivity contribution in [2.75, 3.05) is 6.54 Å². The summed E-state index contributed by atoms with van der Waals surface area (Å²) in [5.41, 5.74) is 1.34. The molecule has 0 radical (unpaired) electrons. The van der Waals surface area contributed by atoms with Crippen LogP contribution in [0.1, 0.15) is 66.9 Å². The number of hydrogen-bond donors (Lipinski definition) is 2. The molecule has 1 aromatic rings. The maximum atomic E-state index is 11.9. The summed E-state index contributed by atoms with van der Waals surface area (Å²) in [7, 11) is 0. The molecule has 1 aliphatic carbocycles. The fraction of sp³-hybridized carbons (Fsp3) is 0.643. The molecule has 0 spiro atoms. The topological polar surface area (TPSA) is 92.4 Å². The highest BCUT2D eigenvalue weighted by Gasteiger charge is 2.31. The van der Waals surface area contributed by atoms with Crippen LogP contribution in [0.3, 0.4) is 0 Å². The first-order chi connectivity index (χ1) is 9.68. The largest absolute Gasteiger partial charge is 0.481 e. The number of unbranched alkanes of at least 4 members (excludes halogenated alkanes) is 3. The Balaban J connectivity index is 1.60. The smallest absolute Gasteiger partial charge is 0.303 e. The van der Waals surface area contributed by atoms with Crippen LogP contribution in [0, 0.1) is 0 Å². The van der Waals surface area contributed by atoms with Gasteiger partial charge in [-0.25, -0.2) is 0 Å². The summed E-state index contributed by atoms with van der Waals surface area (Å²) in [4.78, 5) is 22.3. The van der Waals surface area contributed by atoms with Gasteiger partial charge in [0, 0.05) is 18.9 Å². The fourth-order valence-corrected chi connectivity index (χ4v) is 2.12. The van der Waals surface area contributed by atoms with Crippen molar-refractivity contribution in [3.05, 3.63) is 17.5 Å². The Hall–Kier alpha value is -1.85. The number of amides is 1. The Morgan fingerprint density at radius 1 is 1.30 bits per heavy atom. The molecule has 2 N–H and O–H groups in total. The van der Waals surface area contributed by atoms with Crippen LogP contribution >= 0.6 is 0 Å². The van der Waals surface area contributed by atoms with Crippen LogP contribution in [0.25, 0.3) is 0 Å². The van der Waals surface area contributed by atoms with E-state index >= 15 is 0 Å². The Bertz CT molecular complexity index is 465. The molecule has 0 aliphatic heterocycles. The summed E-state index contributed by atoms with van der Waals surface area (Å²) in [6.07, 6.45) is 7.14. The van der Waals surface area contributed by atoms with E-state index in [0.29, 0.717) is 24.4 Å². The quantitative estimate of drug-likeness (QED) is 0.677. The number of nitrogens with zero attached hydrogens (tertiary/aromatic N) is 1. The molecule has 1 aliphatic rings. The summed E-state index contributed by atoms with van der Waals surface area (Å²) >= 11 is 0. The van der Waals surface area contributed by atoms with Crippen molar-refractivity contribution >= 4 is 11.9 Å². The molecule has 1 heterocycles. The minimum Gasteiger partial charge on any atom is -0.481 e. The molecule has 1 fully saturated rings. The van der Waals surface area contributed by atoms with Gasteiger partial charge >= 0.3 is 5.97 Å². The van der Waals surface area contributed by atoms with Crippen molar-refractivity contribution in [2.45, 2.75) is 50.9 Å². The third-order valence-electron chi connectivity index (χ3n) is 3.41. The van der Waals surface area contributed by atoms with E-state index in [9.17, 15) is 9.59 Å². The van der Waals surface area contributed by atoms with Crippen LogP contribution in [0.15, 0.2) is 10.8 Å². The normalized spacial score (nSPS) is 14.2. The van der Waals surface area contributed by atoms with E-state index in [1.807, 2.05) is 0 Å². The number of aliphatic carboxylic acids is 1. The molecule has 20 heavy (non-hydrogen) atoms. The Morgan fingerprint density at radius 3 is 2.75 bits per heavy atom. The lowest BCUT2D eigenvalue weighted by Crippen LogP contribution is -2.25. The number of aromatic nitrogens is 1. The number of rotatable bonds is 9. The molecule has 1 saturated carbocycles. The lowest BCUT2D eigenvalue weighted by molar-refractivity contribution is -0.137. The zero-order valence-corrected chi connectivity index (χ0v) is 11.4. The van der Waals surface area contributed by atoms with Crippen LogP contribution in [0.5, 0.6) is 0 Å². The summed E-state index contributed by atoms with van der Waals surface area (Å²) < 4.78 is 4.88. The summed E-state index contributed by atoms with van der Waals surface area (Å²) in [5.74, 6) is -0.484. The monoisotopic (exact) mass is 280 g/mol. The van der Waals surface area contributed by atoms with Crippen LogP contribution in [0.2, 0.25) is 0 Å².